The van der Waals surface area contributed by atoms with Crippen molar-refractivity contribution in [1.29, 1.82) is 0 Å². The molecule has 1 heterocycles. The van der Waals surface area contributed by atoms with Gasteiger partial charge in [0.05, 0.1) is 0 Å². The van der Waals surface area contributed by atoms with Crippen LogP contribution in [0.15, 0.2) is 0 Å². The highest BCUT2D eigenvalue weighted by Crippen LogP contribution is 2.51. The first-order valence-electron chi connectivity index (χ1n) is 6.65. The molecule has 0 aromatic carbocycles. The van der Waals surface area contributed by atoms with E-state index >= 15 is 0 Å². The second-order valence-corrected chi connectivity index (χ2v) is 5.26. The number of carbonyl (C=O) groups excluding carboxylic acids is 1. The molecule has 0 radical (unpaired) electrons. The number of aliphatic hydroxyl groups excluding tert-OH is 1. The SMILES string of the molecule is O=C(CCCCO)C1(O)CCC12CCCCO2. The fourth-order valence-electron chi connectivity index (χ4n) is 3.01. The molecule has 98 valence electrons. The second-order valence-electron chi connectivity index (χ2n) is 5.26. The number of ketones is 1. The van der Waals surface area contributed by atoms with Crippen molar-refractivity contribution in [3.63, 3.8) is 0 Å². The van der Waals surface area contributed by atoms with Gasteiger partial charge in [0, 0.05) is 19.6 Å². The maximum Gasteiger partial charge on any atom is 0.167 e. The van der Waals surface area contributed by atoms with Gasteiger partial charge in [0.2, 0.25) is 0 Å². The van der Waals surface area contributed by atoms with E-state index in [-0.39, 0.29) is 12.4 Å². The fraction of sp³-hybridized carbons (Fsp3) is 0.923. The number of aliphatic hydroxyl groups is 2. The molecular formula is C13H22O4. The van der Waals surface area contributed by atoms with E-state index in [9.17, 15) is 9.90 Å². The molecule has 2 unspecified atom stereocenters. The molecule has 1 saturated carbocycles. The van der Waals surface area contributed by atoms with Gasteiger partial charge in [-0.25, -0.2) is 0 Å². The van der Waals surface area contributed by atoms with Crippen molar-refractivity contribution in [3.8, 4) is 0 Å². The quantitative estimate of drug-likeness (QED) is 0.710. The predicted octanol–water partition coefficient (Wildman–Crippen LogP) is 1.18. The minimum Gasteiger partial charge on any atom is -0.396 e. The second kappa shape index (κ2) is 5.04. The van der Waals surface area contributed by atoms with Gasteiger partial charge in [-0.15, -0.1) is 0 Å². The van der Waals surface area contributed by atoms with Crippen molar-refractivity contribution in [3.05, 3.63) is 0 Å². The van der Waals surface area contributed by atoms with Gasteiger partial charge < -0.3 is 14.9 Å². The highest BCUT2D eigenvalue weighted by atomic mass is 16.5. The van der Waals surface area contributed by atoms with Crippen molar-refractivity contribution < 1.29 is 19.7 Å². The van der Waals surface area contributed by atoms with Crippen LogP contribution in [0.5, 0.6) is 0 Å². The standard InChI is InChI=1S/C13H22O4/c14-9-3-1-5-11(15)13(16)8-7-12(13)6-2-4-10-17-12/h14,16H,1-10H2. The van der Waals surface area contributed by atoms with E-state index in [0.717, 1.165) is 25.7 Å². The zero-order valence-corrected chi connectivity index (χ0v) is 10.3. The van der Waals surface area contributed by atoms with E-state index in [1.54, 1.807) is 0 Å². The molecule has 2 atom stereocenters. The van der Waals surface area contributed by atoms with Gasteiger partial charge in [-0.3, -0.25) is 4.79 Å². The van der Waals surface area contributed by atoms with Crippen LogP contribution >= 0.6 is 0 Å². The summed E-state index contributed by atoms with van der Waals surface area (Å²) in [7, 11) is 0. The van der Waals surface area contributed by atoms with Gasteiger partial charge in [0.25, 0.3) is 0 Å². The van der Waals surface area contributed by atoms with E-state index < -0.39 is 11.2 Å². The normalized spacial score (nSPS) is 36.8. The van der Waals surface area contributed by atoms with Crippen molar-refractivity contribution >= 4 is 5.78 Å². The van der Waals surface area contributed by atoms with Gasteiger partial charge in [0.15, 0.2) is 11.4 Å². The molecule has 0 bridgehead atoms. The Morgan fingerprint density at radius 1 is 1.18 bits per heavy atom. The monoisotopic (exact) mass is 242 g/mol. The summed E-state index contributed by atoms with van der Waals surface area (Å²) < 4.78 is 5.72. The Balaban J connectivity index is 1.95. The van der Waals surface area contributed by atoms with E-state index in [1.807, 2.05) is 0 Å². The third-order valence-electron chi connectivity index (χ3n) is 4.27. The van der Waals surface area contributed by atoms with Crippen molar-refractivity contribution in [2.24, 2.45) is 0 Å². The van der Waals surface area contributed by atoms with Crippen molar-refractivity contribution in [1.82, 2.24) is 0 Å². The molecule has 0 aromatic rings. The van der Waals surface area contributed by atoms with Crippen LogP contribution in [0.25, 0.3) is 0 Å². The topological polar surface area (TPSA) is 66.8 Å². The van der Waals surface area contributed by atoms with Crippen LogP contribution in [0, 0.1) is 0 Å². The third-order valence-corrected chi connectivity index (χ3v) is 4.27. The summed E-state index contributed by atoms with van der Waals surface area (Å²) in [6, 6.07) is 0. The smallest absolute Gasteiger partial charge is 0.167 e. The number of hydrogen-bond acceptors (Lipinski definition) is 4. The third kappa shape index (κ3) is 2.14. The first-order chi connectivity index (χ1) is 8.15. The van der Waals surface area contributed by atoms with E-state index in [1.165, 1.54) is 0 Å². The molecule has 2 N–H and O–H groups in total. The number of Topliss-reactive ketones (excluding diaryl/α,β-unsaturated/α-hetero) is 1. The summed E-state index contributed by atoms with van der Waals surface area (Å²) in [5, 5.41) is 19.2. The Hall–Kier alpha value is -0.450. The number of hydrogen-bond donors (Lipinski definition) is 2. The molecule has 4 heteroatoms. The van der Waals surface area contributed by atoms with E-state index in [0.29, 0.717) is 32.3 Å². The zero-order valence-electron chi connectivity index (χ0n) is 10.3. The Labute approximate surface area is 102 Å². The van der Waals surface area contributed by atoms with Gasteiger partial charge in [-0.05, 0) is 44.9 Å². The van der Waals surface area contributed by atoms with Crippen LogP contribution in [0.4, 0.5) is 0 Å². The summed E-state index contributed by atoms with van der Waals surface area (Å²) >= 11 is 0. The minimum absolute atomic E-state index is 0.0981. The Morgan fingerprint density at radius 2 is 2.00 bits per heavy atom. The summed E-state index contributed by atoms with van der Waals surface area (Å²) in [6.07, 6.45) is 5.81. The summed E-state index contributed by atoms with van der Waals surface area (Å²) in [5.74, 6) is -0.0981. The maximum absolute atomic E-state index is 12.1. The van der Waals surface area contributed by atoms with Crippen LogP contribution in [-0.4, -0.2) is 40.4 Å². The Kier molecular flexibility index (Phi) is 3.85. The highest BCUT2D eigenvalue weighted by Gasteiger charge is 2.63. The Morgan fingerprint density at radius 3 is 2.53 bits per heavy atom. The van der Waals surface area contributed by atoms with Crippen molar-refractivity contribution in [2.75, 3.05) is 13.2 Å². The maximum atomic E-state index is 12.1. The number of ether oxygens (including phenoxy) is 1. The van der Waals surface area contributed by atoms with Gasteiger partial charge >= 0.3 is 0 Å². The summed E-state index contributed by atoms with van der Waals surface area (Å²) in [5.41, 5.74) is -1.83. The molecule has 2 fully saturated rings. The van der Waals surface area contributed by atoms with Crippen LogP contribution in [-0.2, 0) is 9.53 Å². The number of unbranched alkanes of at least 4 members (excludes halogenated alkanes) is 1. The largest absolute Gasteiger partial charge is 0.396 e. The predicted molar refractivity (Wildman–Crippen MR) is 62.7 cm³/mol. The van der Waals surface area contributed by atoms with Gasteiger partial charge in [0.1, 0.15) is 5.60 Å². The lowest BCUT2D eigenvalue weighted by Crippen LogP contribution is -2.69. The molecule has 1 spiro atoms. The average molecular weight is 242 g/mol. The lowest BCUT2D eigenvalue weighted by Gasteiger charge is -2.56. The molecule has 4 nitrogen and oxygen atoms in total. The molecule has 2 rings (SSSR count). The lowest BCUT2D eigenvalue weighted by molar-refractivity contribution is -0.252. The molecule has 0 amide bonds. The average Bonchev–Trinajstić information content (AvgIpc) is 2.37. The Bertz CT molecular complexity index is 283. The molecule has 17 heavy (non-hydrogen) atoms. The molecule has 2 aliphatic rings. The van der Waals surface area contributed by atoms with E-state index in [4.69, 9.17) is 9.84 Å². The molecular weight excluding hydrogens is 220 g/mol. The molecule has 1 aliphatic heterocycles. The van der Waals surface area contributed by atoms with Crippen LogP contribution in [0.3, 0.4) is 0 Å². The summed E-state index contributed by atoms with van der Waals surface area (Å²) in [6.45, 7) is 0.763. The van der Waals surface area contributed by atoms with Crippen LogP contribution in [0.2, 0.25) is 0 Å². The zero-order chi connectivity index (χ0) is 12.4. The molecule has 0 aromatic heterocycles. The molecule has 1 aliphatic carbocycles. The first kappa shape index (κ1) is 13.0. The van der Waals surface area contributed by atoms with Gasteiger partial charge in [-0.1, -0.05) is 0 Å². The van der Waals surface area contributed by atoms with Crippen molar-refractivity contribution in [2.45, 2.75) is 62.6 Å². The van der Waals surface area contributed by atoms with E-state index in [2.05, 4.69) is 0 Å². The minimum atomic E-state index is -1.25. The van der Waals surface area contributed by atoms with Gasteiger partial charge in [-0.2, -0.15) is 0 Å². The first-order valence-corrected chi connectivity index (χ1v) is 6.65. The molecule has 1 saturated heterocycles. The number of carbonyl (C=O) groups is 1. The fourth-order valence-corrected chi connectivity index (χ4v) is 3.01. The summed E-state index contributed by atoms with van der Waals surface area (Å²) in [4.78, 5) is 12.1. The van der Waals surface area contributed by atoms with Crippen LogP contribution < -0.4 is 0 Å². The highest BCUT2D eigenvalue weighted by molar-refractivity contribution is 5.89. The lowest BCUT2D eigenvalue weighted by atomic mass is 9.59. The van der Waals surface area contributed by atoms with Crippen LogP contribution in [0.1, 0.15) is 51.4 Å². The number of rotatable bonds is 5.